The third-order valence-corrected chi connectivity index (χ3v) is 3.80. The average molecular weight is 265 g/mol. The Labute approximate surface area is 112 Å². The van der Waals surface area contributed by atoms with Crippen LogP contribution in [0.1, 0.15) is 43.3 Å². The second kappa shape index (κ2) is 5.69. The number of rotatable bonds is 4. The molecular weight excluding hydrogens is 246 g/mol. The maximum atomic E-state index is 11.7. The number of hydrogen-bond donors (Lipinski definition) is 0. The van der Waals surface area contributed by atoms with Crippen LogP contribution in [0.4, 0.5) is 0 Å². The molecule has 2 saturated heterocycles. The summed E-state index contributed by atoms with van der Waals surface area (Å²) in [7, 11) is 0. The van der Waals surface area contributed by atoms with Crippen molar-refractivity contribution in [1.82, 2.24) is 15.0 Å². The monoisotopic (exact) mass is 265 g/mol. The highest BCUT2D eigenvalue weighted by atomic mass is 16.5. The maximum absolute atomic E-state index is 11.7. The molecule has 0 saturated carbocycles. The van der Waals surface area contributed by atoms with Gasteiger partial charge in [-0.25, -0.2) is 0 Å². The second-order valence-corrected chi connectivity index (χ2v) is 5.19. The third-order valence-electron chi connectivity index (χ3n) is 3.80. The van der Waals surface area contributed by atoms with Crippen molar-refractivity contribution in [2.45, 2.75) is 38.0 Å². The SMILES string of the molecule is O=C1CCCCN1CCc1nc([C@H]2CCOC2)no1. The van der Waals surface area contributed by atoms with E-state index in [2.05, 4.69) is 10.1 Å². The predicted octanol–water partition coefficient (Wildman–Crippen LogP) is 1.13. The van der Waals surface area contributed by atoms with E-state index in [1.54, 1.807) is 0 Å². The first-order valence-electron chi connectivity index (χ1n) is 7.01. The van der Waals surface area contributed by atoms with Crippen LogP contribution < -0.4 is 0 Å². The Balaban J connectivity index is 1.53. The molecule has 2 aliphatic rings. The van der Waals surface area contributed by atoms with Crippen molar-refractivity contribution in [3.63, 3.8) is 0 Å². The van der Waals surface area contributed by atoms with E-state index >= 15 is 0 Å². The van der Waals surface area contributed by atoms with Crippen molar-refractivity contribution < 1.29 is 14.1 Å². The molecule has 2 aliphatic heterocycles. The van der Waals surface area contributed by atoms with Gasteiger partial charge in [-0.3, -0.25) is 4.79 Å². The molecule has 3 rings (SSSR count). The molecule has 0 N–H and O–H groups in total. The number of aromatic nitrogens is 2. The fourth-order valence-corrected chi connectivity index (χ4v) is 2.60. The molecule has 0 aromatic carbocycles. The van der Waals surface area contributed by atoms with E-state index in [9.17, 15) is 4.79 Å². The number of hydrogen-bond acceptors (Lipinski definition) is 5. The third kappa shape index (κ3) is 2.94. The Kier molecular flexibility index (Phi) is 3.77. The highest BCUT2D eigenvalue weighted by Gasteiger charge is 2.24. The summed E-state index contributed by atoms with van der Waals surface area (Å²) in [6, 6.07) is 0. The normalized spacial score (nSPS) is 24.1. The van der Waals surface area contributed by atoms with Crippen LogP contribution in [0.25, 0.3) is 0 Å². The first kappa shape index (κ1) is 12.6. The molecule has 1 atom stereocenters. The molecule has 1 aromatic rings. The fourth-order valence-electron chi connectivity index (χ4n) is 2.60. The molecule has 6 nitrogen and oxygen atoms in total. The minimum atomic E-state index is 0.246. The van der Waals surface area contributed by atoms with E-state index in [-0.39, 0.29) is 11.8 Å². The van der Waals surface area contributed by atoms with Gasteiger partial charge in [0.1, 0.15) is 0 Å². The molecule has 1 aromatic heterocycles. The number of ether oxygens (including phenoxy) is 1. The van der Waals surface area contributed by atoms with Gasteiger partial charge in [0.15, 0.2) is 5.82 Å². The second-order valence-electron chi connectivity index (χ2n) is 5.19. The predicted molar refractivity (Wildman–Crippen MR) is 66.6 cm³/mol. The largest absolute Gasteiger partial charge is 0.381 e. The zero-order valence-electron chi connectivity index (χ0n) is 11.0. The number of carbonyl (C=O) groups excluding carboxylic acids is 1. The van der Waals surface area contributed by atoms with Gasteiger partial charge >= 0.3 is 0 Å². The first-order chi connectivity index (χ1) is 9.33. The van der Waals surface area contributed by atoms with Gasteiger partial charge in [-0.05, 0) is 19.3 Å². The number of amides is 1. The lowest BCUT2D eigenvalue weighted by Gasteiger charge is -2.25. The van der Waals surface area contributed by atoms with Crippen LogP contribution in [-0.4, -0.2) is 47.3 Å². The van der Waals surface area contributed by atoms with Gasteiger partial charge < -0.3 is 14.2 Å². The molecule has 104 valence electrons. The molecule has 19 heavy (non-hydrogen) atoms. The zero-order valence-corrected chi connectivity index (χ0v) is 11.0. The summed E-state index contributed by atoms with van der Waals surface area (Å²) in [5.74, 6) is 1.89. The van der Waals surface area contributed by atoms with Crippen LogP contribution in [0.2, 0.25) is 0 Å². The van der Waals surface area contributed by atoms with Gasteiger partial charge in [-0.1, -0.05) is 5.16 Å². The van der Waals surface area contributed by atoms with Crippen molar-refractivity contribution in [3.8, 4) is 0 Å². The van der Waals surface area contributed by atoms with Gasteiger partial charge in [0.25, 0.3) is 0 Å². The van der Waals surface area contributed by atoms with E-state index in [4.69, 9.17) is 9.26 Å². The first-order valence-corrected chi connectivity index (χ1v) is 7.01. The van der Waals surface area contributed by atoms with E-state index < -0.39 is 0 Å². The molecule has 0 spiro atoms. The van der Waals surface area contributed by atoms with Crippen LogP contribution >= 0.6 is 0 Å². The van der Waals surface area contributed by atoms with Gasteiger partial charge in [0, 0.05) is 38.5 Å². The Morgan fingerprint density at radius 2 is 2.32 bits per heavy atom. The van der Waals surface area contributed by atoms with E-state index in [1.807, 2.05) is 4.90 Å². The summed E-state index contributed by atoms with van der Waals surface area (Å²) in [5.41, 5.74) is 0. The Hall–Kier alpha value is -1.43. The zero-order chi connectivity index (χ0) is 13.1. The minimum Gasteiger partial charge on any atom is -0.381 e. The van der Waals surface area contributed by atoms with Crippen molar-refractivity contribution in [2.24, 2.45) is 0 Å². The Bertz CT molecular complexity index is 440. The van der Waals surface area contributed by atoms with Crippen molar-refractivity contribution in [1.29, 1.82) is 0 Å². The lowest BCUT2D eigenvalue weighted by atomic mass is 10.1. The number of piperidine rings is 1. The number of nitrogens with zero attached hydrogens (tertiary/aromatic N) is 3. The summed E-state index contributed by atoms with van der Waals surface area (Å²) in [6.07, 6.45) is 4.40. The maximum Gasteiger partial charge on any atom is 0.228 e. The standard InChI is InChI=1S/C13H19N3O3/c17-12-3-1-2-6-16(12)7-4-11-14-13(15-19-11)10-5-8-18-9-10/h10H,1-9H2/t10-/m0/s1. The van der Waals surface area contributed by atoms with Gasteiger partial charge in [-0.15, -0.1) is 0 Å². The highest BCUT2D eigenvalue weighted by molar-refractivity contribution is 5.76. The number of carbonyl (C=O) groups is 1. The molecule has 0 bridgehead atoms. The van der Waals surface area contributed by atoms with Crippen LogP contribution in [0.5, 0.6) is 0 Å². The van der Waals surface area contributed by atoms with Gasteiger partial charge in [0.2, 0.25) is 11.8 Å². The van der Waals surface area contributed by atoms with Gasteiger partial charge in [-0.2, -0.15) is 4.98 Å². The van der Waals surface area contributed by atoms with Crippen molar-refractivity contribution in [2.75, 3.05) is 26.3 Å². The van der Waals surface area contributed by atoms with E-state index in [1.165, 1.54) is 0 Å². The fraction of sp³-hybridized carbons (Fsp3) is 0.769. The van der Waals surface area contributed by atoms with Crippen molar-refractivity contribution in [3.05, 3.63) is 11.7 Å². The molecule has 0 unspecified atom stereocenters. The van der Waals surface area contributed by atoms with Gasteiger partial charge in [0.05, 0.1) is 6.61 Å². The summed E-state index contributed by atoms with van der Waals surface area (Å²) in [4.78, 5) is 18.0. The lowest BCUT2D eigenvalue weighted by molar-refractivity contribution is -0.133. The molecule has 0 aliphatic carbocycles. The Morgan fingerprint density at radius 1 is 1.37 bits per heavy atom. The topological polar surface area (TPSA) is 68.5 Å². The molecule has 0 radical (unpaired) electrons. The molecule has 3 heterocycles. The van der Waals surface area contributed by atoms with E-state index in [0.29, 0.717) is 31.9 Å². The van der Waals surface area contributed by atoms with Crippen LogP contribution in [0.15, 0.2) is 4.52 Å². The molecule has 6 heteroatoms. The summed E-state index contributed by atoms with van der Waals surface area (Å²) >= 11 is 0. The lowest BCUT2D eigenvalue weighted by Crippen LogP contribution is -2.36. The Morgan fingerprint density at radius 3 is 3.11 bits per heavy atom. The van der Waals surface area contributed by atoms with Crippen molar-refractivity contribution >= 4 is 5.91 Å². The molecule has 1 amide bonds. The smallest absolute Gasteiger partial charge is 0.228 e. The van der Waals surface area contributed by atoms with Crippen LogP contribution in [0, 0.1) is 0 Å². The quantitative estimate of drug-likeness (QED) is 0.816. The molecular formula is C13H19N3O3. The van der Waals surface area contributed by atoms with Crippen LogP contribution in [0.3, 0.4) is 0 Å². The number of likely N-dealkylation sites (tertiary alicyclic amines) is 1. The summed E-state index contributed by atoms with van der Waals surface area (Å²) < 4.78 is 10.6. The highest BCUT2D eigenvalue weighted by Crippen LogP contribution is 2.22. The summed E-state index contributed by atoms with van der Waals surface area (Å²) in [6.45, 7) is 3.00. The summed E-state index contributed by atoms with van der Waals surface area (Å²) in [5, 5.41) is 4.01. The molecule has 2 fully saturated rings. The minimum absolute atomic E-state index is 0.246. The van der Waals surface area contributed by atoms with Crippen LogP contribution in [-0.2, 0) is 16.0 Å². The van der Waals surface area contributed by atoms with E-state index in [0.717, 1.165) is 38.2 Å². The average Bonchev–Trinajstić information content (AvgIpc) is 3.09.